The Morgan fingerprint density at radius 2 is 1.70 bits per heavy atom. The van der Waals surface area contributed by atoms with Gasteiger partial charge in [0.15, 0.2) is 11.3 Å². The predicted molar refractivity (Wildman–Crippen MR) is 134 cm³/mol. The van der Waals surface area contributed by atoms with Crippen molar-refractivity contribution in [1.29, 1.82) is 0 Å². The van der Waals surface area contributed by atoms with Crippen LogP contribution in [0, 0.1) is 0 Å². The molecule has 11 heteroatoms. The quantitative estimate of drug-likeness (QED) is 0.191. The second-order valence-electron chi connectivity index (χ2n) is 6.67. The van der Waals surface area contributed by atoms with Crippen LogP contribution >= 0.6 is 63.7 Å². The number of hydrogen-bond acceptors (Lipinski definition) is 6. The van der Waals surface area contributed by atoms with Crippen LogP contribution in [0.15, 0.2) is 63.5 Å². The third kappa shape index (κ3) is 4.86. The number of aliphatic hydroxyl groups excluding tert-OH is 1. The fourth-order valence-corrected chi connectivity index (χ4v) is 5.96. The summed E-state index contributed by atoms with van der Waals surface area (Å²) < 4.78 is 12.4. The molecule has 33 heavy (non-hydrogen) atoms. The van der Waals surface area contributed by atoms with Gasteiger partial charge in [0.05, 0.1) is 21.1 Å². The van der Waals surface area contributed by atoms with E-state index in [4.69, 9.17) is 14.3 Å². The molecule has 6 nitrogen and oxygen atoms in total. The molecule has 0 saturated heterocycles. The van der Waals surface area contributed by atoms with Crippen molar-refractivity contribution >= 4 is 80.7 Å². The first-order chi connectivity index (χ1) is 15.3. The Labute approximate surface area is 243 Å². The van der Waals surface area contributed by atoms with E-state index < -0.39 is 5.97 Å². The molecule has 0 spiro atoms. The molecule has 0 atom stereocenters. The Balaban J connectivity index is 0.00000306. The second kappa shape index (κ2) is 10.9. The van der Waals surface area contributed by atoms with E-state index in [9.17, 15) is 14.7 Å². The summed E-state index contributed by atoms with van der Waals surface area (Å²) in [7, 11) is 0. The van der Waals surface area contributed by atoms with Gasteiger partial charge in [0, 0.05) is 16.5 Å². The zero-order chi connectivity index (χ0) is 23.2. The van der Waals surface area contributed by atoms with Crippen LogP contribution in [-0.4, -0.2) is 29.4 Å². The molecule has 4 rings (SSSR count). The van der Waals surface area contributed by atoms with Crippen molar-refractivity contribution in [1.82, 2.24) is 0 Å². The van der Waals surface area contributed by atoms with E-state index in [0.717, 1.165) is 0 Å². The molecule has 1 aliphatic carbocycles. The fourth-order valence-electron chi connectivity index (χ4n) is 3.34. The number of benzene rings is 3. The van der Waals surface area contributed by atoms with Gasteiger partial charge in [-0.05, 0) is 87.5 Å². The van der Waals surface area contributed by atoms with E-state index in [-0.39, 0.29) is 74.2 Å². The third-order valence-corrected chi connectivity index (χ3v) is 7.57. The molecule has 0 amide bonds. The third-order valence-electron chi connectivity index (χ3n) is 4.75. The molecule has 0 fully saturated rings. The normalized spacial score (nSPS) is 10.9. The van der Waals surface area contributed by atoms with Gasteiger partial charge in [-0.15, -0.1) is 0 Å². The molecule has 0 unspecified atom stereocenters. The van der Waals surface area contributed by atoms with Gasteiger partial charge >= 0.3 is 35.5 Å². The molecule has 2 N–H and O–H groups in total. The smallest absolute Gasteiger partial charge is 0.505 e. The van der Waals surface area contributed by atoms with Crippen LogP contribution < -0.4 is 35.0 Å². The molecule has 0 bridgehead atoms. The number of rotatable bonds is 4. The summed E-state index contributed by atoms with van der Waals surface area (Å²) in [5.74, 6) is -0.409. The van der Waals surface area contributed by atoms with E-state index in [1.807, 2.05) is 6.07 Å². The Bertz CT molecular complexity index is 1420. The number of ether oxygens (including phenoxy) is 1. The zero-order valence-electron chi connectivity index (χ0n) is 16.9. The molecule has 2 aromatic carbocycles. The summed E-state index contributed by atoms with van der Waals surface area (Å²) in [6.45, 7) is -0.446. The maximum Gasteiger partial charge on any atom is 1.00 e. The molecule has 0 aromatic heterocycles. The van der Waals surface area contributed by atoms with Crippen LogP contribution in [-0.2, 0) is 4.74 Å². The Hall–Kier alpha value is -0.720. The van der Waals surface area contributed by atoms with E-state index in [1.165, 1.54) is 0 Å². The molecule has 1 heterocycles. The van der Waals surface area contributed by atoms with Crippen LogP contribution in [0.1, 0.15) is 10.4 Å². The van der Waals surface area contributed by atoms with Crippen molar-refractivity contribution in [2.24, 2.45) is 0 Å². The van der Waals surface area contributed by atoms with E-state index in [1.54, 1.807) is 30.3 Å². The molecule has 1 aliphatic heterocycles. The Morgan fingerprint density at radius 3 is 2.39 bits per heavy atom. The van der Waals surface area contributed by atoms with Crippen molar-refractivity contribution in [3.63, 3.8) is 0 Å². The molecular weight excluding hydrogens is 703 g/mol. The van der Waals surface area contributed by atoms with Gasteiger partial charge in [-0.25, -0.2) is 4.79 Å². The standard InChI is InChI=1S/C22H12Br4O6.Na/c23-13-8-9-7-12-14(10-3-1-2-4-11(10)22(30)31-6-5-27)15(24)19(29)17(26)21(12)32-20(9)16(25)18(13)28;/h1-4,7-8,27-28H,5-6H2;/q;+1. The number of carbonyl (C=O) groups is 1. The maximum absolute atomic E-state index is 13.0. The molecule has 0 radical (unpaired) electrons. The van der Waals surface area contributed by atoms with Gasteiger partial charge in [-0.2, -0.15) is 0 Å². The van der Waals surface area contributed by atoms with Crippen LogP contribution in [0.4, 0.5) is 0 Å². The minimum atomic E-state index is -0.627. The number of aromatic hydroxyl groups is 1. The Kier molecular flexibility index (Phi) is 8.88. The number of esters is 1. The summed E-state index contributed by atoms with van der Waals surface area (Å²) >= 11 is 13.4. The molecular formula is C22H12Br4NaO6+. The van der Waals surface area contributed by atoms with Gasteiger partial charge in [0.2, 0.25) is 5.43 Å². The van der Waals surface area contributed by atoms with Gasteiger partial charge in [0.25, 0.3) is 0 Å². The van der Waals surface area contributed by atoms with E-state index in [0.29, 0.717) is 36.6 Å². The van der Waals surface area contributed by atoms with Gasteiger partial charge < -0.3 is 19.4 Å². The van der Waals surface area contributed by atoms with Gasteiger partial charge in [-0.1, -0.05) is 18.2 Å². The van der Waals surface area contributed by atoms with Gasteiger partial charge in [0.1, 0.15) is 21.3 Å². The number of phenols is 1. The largest absolute Gasteiger partial charge is 1.00 e. The summed E-state index contributed by atoms with van der Waals surface area (Å²) in [4.78, 5) is 25.6. The van der Waals surface area contributed by atoms with Crippen LogP contribution in [0.25, 0.3) is 33.4 Å². The first kappa shape index (κ1) is 26.9. The molecule has 2 aromatic rings. The zero-order valence-corrected chi connectivity index (χ0v) is 25.3. The van der Waals surface area contributed by atoms with Crippen molar-refractivity contribution in [3.8, 4) is 28.2 Å². The van der Waals surface area contributed by atoms with Crippen LogP contribution in [0.5, 0.6) is 5.75 Å². The summed E-state index contributed by atoms with van der Waals surface area (Å²) in [6.07, 6.45) is 0. The Morgan fingerprint density at radius 1 is 1.00 bits per heavy atom. The average molecular weight is 715 g/mol. The minimum absolute atomic E-state index is 0. The van der Waals surface area contributed by atoms with Gasteiger partial charge in [-0.3, -0.25) is 4.79 Å². The number of phenolic OH excluding ortho intramolecular Hbond substituents is 1. The number of fused-ring (bicyclic) bond motifs is 2. The molecule has 164 valence electrons. The number of halogens is 4. The number of carbonyl (C=O) groups excluding carboxylic acids is 1. The van der Waals surface area contributed by atoms with Crippen molar-refractivity contribution in [2.75, 3.05) is 13.2 Å². The number of hydrogen-bond donors (Lipinski definition) is 2. The SMILES string of the molecule is O=C(OCCO)c1ccccc1-c1c2cc3cc(Br)c(O)c(Br)c3oc-2c(Br)c(=O)c1Br.[Na+]. The predicted octanol–water partition coefficient (Wildman–Crippen LogP) is 3.47. The maximum atomic E-state index is 13.0. The van der Waals surface area contributed by atoms with Crippen molar-refractivity contribution < 1.29 is 53.7 Å². The first-order valence-corrected chi connectivity index (χ1v) is 12.3. The second-order valence-corrected chi connectivity index (χ2v) is 9.90. The van der Waals surface area contributed by atoms with Crippen molar-refractivity contribution in [2.45, 2.75) is 0 Å². The molecule has 0 saturated carbocycles. The summed E-state index contributed by atoms with van der Waals surface area (Å²) in [5, 5.41) is 19.9. The fraction of sp³-hybridized carbons (Fsp3) is 0.0909. The first-order valence-electron chi connectivity index (χ1n) is 9.09. The monoisotopic (exact) mass is 711 g/mol. The number of aliphatic hydroxyl groups is 1. The van der Waals surface area contributed by atoms with E-state index >= 15 is 0 Å². The van der Waals surface area contributed by atoms with E-state index in [2.05, 4.69) is 63.7 Å². The summed E-state index contributed by atoms with van der Waals surface area (Å²) in [5.41, 5.74) is 1.69. The van der Waals surface area contributed by atoms with Crippen molar-refractivity contribution in [3.05, 3.63) is 70.1 Å². The van der Waals surface area contributed by atoms with Crippen LogP contribution in [0.3, 0.4) is 0 Å². The minimum Gasteiger partial charge on any atom is -0.505 e. The average Bonchev–Trinajstić information content (AvgIpc) is 2.79. The summed E-state index contributed by atoms with van der Waals surface area (Å²) in [6, 6.07) is 10.2. The molecule has 2 aliphatic rings. The van der Waals surface area contributed by atoms with Crippen LogP contribution in [0.2, 0.25) is 0 Å². The topological polar surface area (TPSA) is 97.0 Å².